The van der Waals surface area contributed by atoms with E-state index in [2.05, 4.69) is 0 Å². The summed E-state index contributed by atoms with van der Waals surface area (Å²) in [4.78, 5) is 11.4. The van der Waals surface area contributed by atoms with Gasteiger partial charge in [-0.25, -0.2) is 13.2 Å². The molecule has 1 aromatic rings. The molecular weight excluding hydrogens is 316 g/mol. The summed E-state index contributed by atoms with van der Waals surface area (Å²) in [5.41, 5.74) is 1.50. The molecule has 0 aromatic heterocycles. The van der Waals surface area contributed by atoms with Crippen LogP contribution in [0, 0.1) is 11.3 Å². The second-order valence-electron chi connectivity index (χ2n) is 6.14. The van der Waals surface area contributed by atoms with Crippen LogP contribution in [0.25, 0.3) is 0 Å². The molecule has 1 unspecified atom stereocenters. The fraction of sp³-hybridized carbons (Fsp3) is 0.500. The largest absolute Gasteiger partial charge is 0.478 e. The van der Waals surface area contributed by atoms with Gasteiger partial charge in [0.05, 0.1) is 16.5 Å². The van der Waals surface area contributed by atoms with Crippen LogP contribution in [0.3, 0.4) is 0 Å². The van der Waals surface area contributed by atoms with Crippen LogP contribution in [0.4, 0.5) is 0 Å². The van der Waals surface area contributed by atoms with Gasteiger partial charge in [0.1, 0.15) is 6.04 Å². The number of carboxylic acid groups (broad SMARTS) is 1. The summed E-state index contributed by atoms with van der Waals surface area (Å²) in [5, 5.41) is 18.4. The molecule has 3 rings (SSSR count). The van der Waals surface area contributed by atoms with Gasteiger partial charge in [-0.3, -0.25) is 0 Å². The number of sulfonamides is 1. The number of carboxylic acids is 1. The zero-order chi connectivity index (χ0) is 16.8. The summed E-state index contributed by atoms with van der Waals surface area (Å²) < 4.78 is 27.5. The third-order valence-corrected chi connectivity index (χ3v) is 6.54. The number of aryl methyl sites for hydroxylation is 1. The second kappa shape index (κ2) is 5.62. The van der Waals surface area contributed by atoms with Crippen molar-refractivity contribution in [3.05, 3.63) is 28.8 Å². The van der Waals surface area contributed by atoms with Gasteiger partial charge in [0, 0.05) is 6.04 Å². The van der Waals surface area contributed by atoms with E-state index in [1.54, 1.807) is 13.0 Å². The highest BCUT2D eigenvalue weighted by Gasteiger charge is 2.42. The van der Waals surface area contributed by atoms with Crippen molar-refractivity contribution in [2.45, 2.75) is 56.0 Å². The van der Waals surface area contributed by atoms with E-state index in [0.717, 1.165) is 24.8 Å². The zero-order valence-corrected chi connectivity index (χ0v) is 13.6. The SMILES string of the molecule is CC(C#N)N(C1CC1)S(=O)(=O)c1cc(C(=O)O)cc2c1CCC2. The first-order valence-electron chi connectivity index (χ1n) is 7.68. The van der Waals surface area contributed by atoms with Crippen molar-refractivity contribution in [1.82, 2.24) is 4.31 Å². The molecule has 0 heterocycles. The number of nitriles is 1. The Morgan fingerprint density at radius 2 is 2.09 bits per heavy atom. The van der Waals surface area contributed by atoms with Crippen LogP contribution in [0.2, 0.25) is 0 Å². The molecule has 0 amide bonds. The van der Waals surface area contributed by atoms with Crippen LogP contribution < -0.4 is 0 Å². The van der Waals surface area contributed by atoms with E-state index < -0.39 is 22.0 Å². The van der Waals surface area contributed by atoms with Crippen molar-refractivity contribution < 1.29 is 18.3 Å². The molecule has 1 N–H and O–H groups in total. The lowest BCUT2D eigenvalue weighted by atomic mass is 10.1. The molecule has 0 radical (unpaired) electrons. The minimum atomic E-state index is -3.88. The molecule has 1 fully saturated rings. The zero-order valence-electron chi connectivity index (χ0n) is 12.8. The summed E-state index contributed by atoms with van der Waals surface area (Å²) in [6.45, 7) is 1.57. The summed E-state index contributed by atoms with van der Waals surface area (Å²) in [7, 11) is -3.88. The minimum Gasteiger partial charge on any atom is -0.478 e. The van der Waals surface area contributed by atoms with Crippen LogP contribution in [0.1, 0.15) is 47.7 Å². The van der Waals surface area contributed by atoms with Gasteiger partial charge in [-0.2, -0.15) is 9.57 Å². The van der Waals surface area contributed by atoms with Gasteiger partial charge in [-0.05, 0) is 62.3 Å². The number of benzene rings is 1. The summed E-state index contributed by atoms with van der Waals surface area (Å²) in [5.74, 6) is -1.14. The van der Waals surface area contributed by atoms with E-state index in [-0.39, 0.29) is 16.5 Å². The van der Waals surface area contributed by atoms with Crippen molar-refractivity contribution in [3.8, 4) is 6.07 Å². The molecule has 2 aliphatic rings. The third-order valence-electron chi connectivity index (χ3n) is 4.45. The van der Waals surface area contributed by atoms with Crippen LogP contribution in [0.15, 0.2) is 17.0 Å². The molecule has 7 heteroatoms. The molecule has 0 spiro atoms. The number of rotatable bonds is 5. The Morgan fingerprint density at radius 1 is 1.39 bits per heavy atom. The van der Waals surface area contributed by atoms with E-state index in [9.17, 15) is 23.6 Å². The molecule has 122 valence electrons. The number of aromatic carboxylic acids is 1. The monoisotopic (exact) mass is 334 g/mol. The molecule has 0 saturated heterocycles. The minimum absolute atomic E-state index is 0.00965. The number of nitrogens with zero attached hydrogens (tertiary/aromatic N) is 2. The van der Waals surface area contributed by atoms with Gasteiger partial charge in [0.2, 0.25) is 10.0 Å². The van der Waals surface area contributed by atoms with Gasteiger partial charge in [0.25, 0.3) is 0 Å². The lowest BCUT2D eigenvalue weighted by Crippen LogP contribution is -2.40. The van der Waals surface area contributed by atoms with Crippen molar-refractivity contribution in [3.63, 3.8) is 0 Å². The summed E-state index contributed by atoms with van der Waals surface area (Å²) in [6.07, 6.45) is 3.62. The standard InChI is InChI=1S/C16H18N2O4S/c1-10(9-17)18(13-5-6-13)23(21,22)15-8-12(16(19)20)7-11-3-2-4-14(11)15/h7-8,10,13H,2-6H2,1H3,(H,19,20). The Kier molecular flexibility index (Phi) is 3.90. The fourth-order valence-electron chi connectivity index (χ4n) is 3.24. The van der Waals surface area contributed by atoms with E-state index in [0.29, 0.717) is 18.4 Å². The molecule has 1 saturated carbocycles. The first-order valence-corrected chi connectivity index (χ1v) is 9.12. The van der Waals surface area contributed by atoms with Gasteiger partial charge in [-0.15, -0.1) is 0 Å². The van der Waals surface area contributed by atoms with Gasteiger partial charge in [-0.1, -0.05) is 0 Å². The van der Waals surface area contributed by atoms with Gasteiger partial charge >= 0.3 is 5.97 Å². The molecule has 6 nitrogen and oxygen atoms in total. The summed E-state index contributed by atoms with van der Waals surface area (Å²) >= 11 is 0. The van der Waals surface area contributed by atoms with E-state index in [1.165, 1.54) is 10.4 Å². The number of hydrogen-bond donors (Lipinski definition) is 1. The summed E-state index contributed by atoms with van der Waals surface area (Å²) in [6, 6.07) is 3.90. The van der Waals surface area contributed by atoms with Crippen molar-refractivity contribution in [2.24, 2.45) is 0 Å². The molecule has 0 aliphatic heterocycles. The Hall–Kier alpha value is -1.91. The highest BCUT2D eigenvalue weighted by Crippen LogP contribution is 2.37. The molecule has 2 aliphatic carbocycles. The Morgan fingerprint density at radius 3 is 2.65 bits per heavy atom. The Balaban J connectivity index is 2.16. The maximum absolute atomic E-state index is 13.1. The molecule has 1 aromatic carbocycles. The van der Waals surface area contributed by atoms with E-state index >= 15 is 0 Å². The normalized spacial score (nSPS) is 18.5. The lowest BCUT2D eigenvalue weighted by Gasteiger charge is -2.25. The highest BCUT2D eigenvalue weighted by molar-refractivity contribution is 7.89. The maximum Gasteiger partial charge on any atom is 0.335 e. The van der Waals surface area contributed by atoms with Gasteiger partial charge < -0.3 is 5.11 Å². The Labute approximate surface area is 135 Å². The maximum atomic E-state index is 13.1. The first-order chi connectivity index (χ1) is 10.9. The first kappa shape index (κ1) is 16.0. The lowest BCUT2D eigenvalue weighted by molar-refractivity contribution is 0.0696. The van der Waals surface area contributed by atoms with Crippen LogP contribution >= 0.6 is 0 Å². The van der Waals surface area contributed by atoms with Crippen LogP contribution in [0.5, 0.6) is 0 Å². The van der Waals surface area contributed by atoms with E-state index in [4.69, 9.17) is 0 Å². The number of carbonyl (C=O) groups is 1. The predicted molar refractivity (Wildman–Crippen MR) is 82.5 cm³/mol. The topological polar surface area (TPSA) is 98.5 Å². The van der Waals surface area contributed by atoms with Crippen LogP contribution in [-0.2, 0) is 22.9 Å². The smallest absolute Gasteiger partial charge is 0.335 e. The fourth-order valence-corrected chi connectivity index (χ4v) is 5.35. The molecular formula is C16H18N2O4S. The van der Waals surface area contributed by atoms with Crippen molar-refractivity contribution >= 4 is 16.0 Å². The van der Waals surface area contributed by atoms with Crippen molar-refractivity contribution in [2.75, 3.05) is 0 Å². The second-order valence-corrected chi connectivity index (χ2v) is 7.95. The average Bonchev–Trinajstić information content (AvgIpc) is 3.20. The molecule has 23 heavy (non-hydrogen) atoms. The van der Waals surface area contributed by atoms with Crippen LogP contribution in [-0.4, -0.2) is 35.9 Å². The van der Waals surface area contributed by atoms with E-state index in [1.807, 2.05) is 6.07 Å². The van der Waals surface area contributed by atoms with Gasteiger partial charge in [0.15, 0.2) is 0 Å². The number of fused-ring (bicyclic) bond motifs is 1. The highest BCUT2D eigenvalue weighted by atomic mass is 32.2. The van der Waals surface area contributed by atoms with Crippen molar-refractivity contribution in [1.29, 1.82) is 5.26 Å². The number of hydrogen-bond acceptors (Lipinski definition) is 4. The molecule has 1 atom stereocenters. The Bertz CT molecular complexity index is 806. The quantitative estimate of drug-likeness (QED) is 0.887. The predicted octanol–water partition coefficient (Wildman–Crippen LogP) is 1.94. The molecule has 0 bridgehead atoms. The third kappa shape index (κ3) is 2.73. The average molecular weight is 334 g/mol.